The van der Waals surface area contributed by atoms with Crippen LogP contribution in [0.5, 0.6) is 11.6 Å². The number of methoxy groups -OCH3 is 1. The minimum Gasteiger partial charge on any atom is -0.481 e. The second-order valence-corrected chi connectivity index (χ2v) is 2.28. The van der Waals surface area contributed by atoms with Gasteiger partial charge in [0.05, 0.1) is 7.11 Å². The Hall–Kier alpha value is -1.66. The molecule has 1 heterocycles. The van der Waals surface area contributed by atoms with Gasteiger partial charge in [-0.05, 0) is 6.07 Å². The van der Waals surface area contributed by atoms with Crippen LogP contribution >= 0.6 is 0 Å². The molecule has 0 saturated carbocycles. The van der Waals surface area contributed by atoms with E-state index >= 15 is 0 Å². The largest absolute Gasteiger partial charge is 0.573 e. The Bertz CT molecular complexity index is 327. The topological polar surface area (TPSA) is 57.4 Å². The second-order valence-electron chi connectivity index (χ2n) is 2.28. The standard InChI is InChI=1S/C7H7F3N2O2/c1-13-5-3-2-4(6(11)12-5)14-7(8,9)10/h2-3H,1H3,(H2,11,12). The van der Waals surface area contributed by atoms with Crippen molar-refractivity contribution in [3.63, 3.8) is 0 Å². The molecule has 0 aliphatic rings. The molecule has 0 amide bonds. The summed E-state index contributed by atoms with van der Waals surface area (Å²) in [5.41, 5.74) is 5.19. The lowest BCUT2D eigenvalue weighted by atomic mass is 10.4. The van der Waals surface area contributed by atoms with Gasteiger partial charge in [0, 0.05) is 6.07 Å². The Morgan fingerprint density at radius 2 is 2.00 bits per heavy atom. The molecule has 0 aromatic carbocycles. The smallest absolute Gasteiger partial charge is 0.481 e. The van der Waals surface area contributed by atoms with Gasteiger partial charge in [0.2, 0.25) is 5.88 Å². The van der Waals surface area contributed by atoms with Gasteiger partial charge >= 0.3 is 6.36 Å². The molecule has 0 fully saturated rings. The molecular formula is C7H7F3N2O2. The maximum absolute atomic E-state index is 11.8. The molecule has 0 unspecified atom stereocenters. The van der Waals surface area contributed by atoms with Gasteiger partial charge in [0.1, 0.15) is 0 Å². The highest BCUT2D eigenvalue weighted by molar-refractivity contribution is 5.47. The molecule has 1 rings (SSSR count). The number of aromatic nitrogens is 1. The second kappa shape index (κ2) is 3.60. The first-order chi connectivity index (χ1) is 6.42. The highest BCUT2D eigenvalue weighted by atomic mass is 19.4. The molecule has 78 valence electrons. The SMILES string of the molecule is COc1ccc(OC(F)(F)F)c(N)n1. The molecule has 0 spiro atoms. The zero-order valence-electron chi connectivity index (χ0n) is 7.13. The summed E-state index contributed by atoms with van der Waals surface area (Å²) in [4.78, 5) is 3.51. The summed E-state index contributed by atoms with van der Waals surface area (Å²) in [6.45, 7) is 0. The first-order valence-electron chi connectivity index (χ1n) is 3.48. The van der Waals surface area contributed by atoms with Crippen LogP contribution in [0, 0.1) is 0 Å². The van der Waals surface area contributed by atoms with E-state index in [1.165, 1.54) is 13.2 Å². The first kappa shape index (κ1) is 10.4. The number of alkyl halides is 3. The van der Waals surface area contributed by atoms with Crippen molar-refractivity contribution in [3.8, 4) is 11.6 Å². The third-order valence-corrected chi connectivity index (χ3v) is 1.30. The summed E-state index contributed by atoms with van der Waals surface area (Å²) in [6.07, 6.45) is -4.77. The molecule has 14 heavy (non-hydrogen) atoms. The molecule has 7 heteroatoms. The molecule has 1 aromatic rings. The van der Waals surface area contributed by atoms with E-state index in [1.54, 1.807) is 0 Å². The molecule has 0 aliphatic heterocycles. The van der Waals surface area contributed by atoms with Crippen LogP contribution in [0.4, 0.5) is 19.0 Å². The quantitative estimate of drug-likeness (QED) is 0.801. The fraction of sp³-hybridized carbons (Fsp3) is 0.286. The van der Waals surface area contributed by atoms with Crippen molar-refractivity contribution in [2.24, 2.45) is 0 Å². The van der Waals surface area contributed by atoms with Gasteiger partial charge in [-0.15, -0.1) is 13.2 Å². The van der Waals surface area contributed by atoms with Crippen LogP contribution in [-0.4, -0.2) is 18.5 Å². The van der Waals surface area contributed by atoms with Gasteiger partial charge in [0.25, 0.3) is 0 Å². The summed E-state index contributed by atoms with van der Waals surface area (Å²) in [7, 11) is 1.33. The van der Waals surface area contributed by atoms with E-state index in [4.69, 9.17) is 5.73 Å². The highest BCUT2D eigenvalue weighted by Gasteiger charge is 2.32. The van der Waals surface area contributed by atoms with Gasteiger partial charge < -0.3 is 15.2 Å². The van der Waals surface area contributed by atoms with Crippen LogP contribution in [0.3, 0.4) is 0 Å². The fourth-order valence-electron chi connectivity index (χ4n) is 0.768. The normalized spacial score (nSPS) is 11.1. The molecule has 0 aliphatic carbocycles. The Labute approximate surface area is 77.4 Å². The van der Waals surface area contributed by atoms with Crippen molar-refractivity contribution >= 4 is 5.82 Å². The fourth-order valence-corrected chi connectivity index (χ4v) is 0.768. The zero-order valence-corrected chi connectivity index (χ0v) is 7.13. The number of nitrogen functional groups attached to an aromatic ring is 1. The number of ether oxygens (including phenoxy) is 2. The Morgan fingerprint density at radius 3 is 2.43 bits per heavy atom. The maximum Gasteiger partial charge on any atom is 0.573 e. The molecule has 1 aromatic heterocycles. The average molecular weight is 208 g/mol. The van der Waals surface area contributed by atoms with Gasteiger partial charge in [-0.3, -0.25) is 0 Å². The van der Waals surface area contributed by atoms with E-state index in [2.05, 4.69) is 14.5 Å². The van der Waals surface area contributed by atoms with Crippen LogP contribution < -0.4 is 15.2 Å². The summed E-state index contributed by atoms with van der Waals surface area (Å²) in [6, 6.07) is 2.26. The first-order valence-corrected chi connectivity index (χ1v) is 3.48. The monoisotopic (exact) mass is 208 g/mol. The molecule has 2 N–H and O–H groups in total. The van der Waals surface area contributed by atoms with Gasteiger partial charge in [-0.1, -0.05) is 0 Å². The molecule has 0 saturated heterocycles. The number of pyridine rings is 1. The van der Waals surface area contributed by atoms with Gasteiger partial charge in [-0.2, -0.15) is 4.98 Å². The van der Waals surface area contributed by atoms with Crippen LogP contribution in [0.1, 0.15) is 0 Å². The molecule has 0 radical (unpaired) electrons. The third kappa shape index (κ3) is 2.68. The third-order valence-electron chi connectivity index (χ3n) is 1.30. The molecule has 4 nitrogen and oxygen atoms in total. The highest BCUT2D eigenvalue weighted by Crippen LogP contribution is 2.28. The van der Waals surface area contributed by atoms with Crippen LogP contribution in [0.15, 0.2) is 12.1 Å². The molecule has 0 bridgehead atoms. The average Bonchev–Trinajstić information content (AvgIpc) is 2.06. The van der Waals surface area contributed by atoms with Gasteiger partial charge in [-0.25, -0.2) is 0 Å². The van der Waals surface area contributed by atoms with Crippen molar-refractivity contribution in [1.82, 2.24) is 4.98 Å². The van der Waals surface area contributed by atoms with Crippen LogP contribution in [-0.2, 0) is 0 Å². The minimum absolute atomic E-state index is 0.122. The number of nitrogens with two attached hydrogens (primary N) is 1. The number of halogens is 3. The lowest BCUT2D eigenvalue weighted by Crippen LogP contribution is -2.18. The molecule has 0 atom stereocenters. The van der Waals surface area contributed by atoms with Crippen LogP contribution in [0.2, 0.25) is 0 Å². The van der Waals surface area contributed by atoms with Crippen molar-refractivity contribution in [1.29, 1.82) is 0 Å². The Morgan fingerprint density at radius 1 is 1.36 bits per heavy atom. The Kier molecular flexibility index (Phi) is 2.68. The minimum atomic E-state index is -4.77. The predicted molar refractivity (Wildman–Crippen MR) is 41.9 cm³/mol. The van der Waals surface area contributed by atoms with E-state index in [1.807, 2.05) is 0 Å². The number of rotatable bonds is 2. The van der Waals surface area contributed by atoms with Crippen LogP contribution in [0.25, 0.3) is 0 Å². The lowest BCUT2D eigenvalue weighted by molar-refractivity contribution is -0.274. The summed E-state index contributed by atoms with van der Waals surface area (Å²) in [5.74, 6) is -0.794. The van der Waals surface area contributed by atoms with Gasteiger partial charge in [0.15, 0.2) is 11.6 Å². The number of hydrogen-bond acceptors (Lipinski definition) is 4. The maximum atomic E-state index is 11.8. The zero-order chi connectivity index (χ0) is 10.8. The van der Waals surface area contributed by atoms with Crippen molar-refractivity contribution in [2.45, 2.75) is 6.36 Å². The van der Waals surface area contributed by atoms with E-state index < -0.39 is 12.1 Å². The number of nitrogens with zero attached hydrogens (tertiary/aromatic N) is 1. The number of anilines is 1. The Balaban J connectivity index is 2.89. The number of hydrogen-bond donors (Lipinski definition) is 1. The van der Waals surface area contributed by atoms with Crippen molar-refractivity contribution in [3.05, 3.63) is 12.1 Å². The molecular weight excluding hydrogens is 201 g/mol. The van der Waals surface area contributed by atoms with E-state index in [-0.39, 0.29) is 11.7 Å². The van der Waals surface area contributed by atoms with E-state index in [0.29, 0.717) is 0 Å². The summed E-state index contributed by atoms with van der Waals surface area (Å²) in [5, 5.41) is 0. The summed E-state index contributed by atoms with van der Waals surface area (Å²) < 4.78 is 43.5. The van der Waals surface area contributed by atoms with E-state index in [9.17, 15) is 13.2 Å². The lowest BCUT2D eigenvalue weighted by Gasteiger charge is -2.10. The predicted octanol–water partition coefficient (Wildman–Crippen LogP) is 1.57. The van der Waals surface area contributed by atoms with Crippen molar-refractivity contribution in [2.75, 3.05) is 12.8 Å². The summed E-state index contributed by atoms with van der Waals surface area (Å²) >= 11 is 0. The van der Waals surface area contributed by atoms with E-state index in [0.717, 1.165) is 6.07 Å². The van der Waals surface area contributed by atoms with Crippen molar-refractivity contribution < 1.29 is 22.6 Å².